The Kier molecular flexibility index (Phi) is 5.52. The summed E-state index contributed by atoms with van der Waals surface area (Å²) in [4.78, 5) is 22.4. The fourth-order valence-corrected chi connectivity index (χ4v) is 4.21. The number of nitrogens with one attached hydrogen (secondary N) is 1. The Morgan fingerprint density at radius 2 is 2.04 bits per heavy atom. The number of carbonyl (C=O) groups is 1. The molecule has 0 unspecified atom stereocenters. The topological polar surface area (TPSA) is 130 Å². The van der Waals surface area contributed by atoms with Crippen molar-refractivity contribution >= 4 is 21.7 Å². The maximum absolute atomic E-state index is 12.4. The molecule has 1 aliphatic carbocycles. The fourth-order valence-electron chi connectivity index (χ4n) is 2.77. The van der Waals surface area contributed by atoms with E-state index in [1.807, 2.05) is 6.92 Å². The number of hydrogen-bond donors (Lipinski definition) is 2. The summed E-state index contributed by atoms with van der Waals surface area (Å²) in [6, 6.07) is 4.80. The first-order chi connectivity index (χ1) is 11.2. The normalized spacial score (nSPS) is 20.6. The summed E-state index contributed by atoms with van der Waals surface area (Å²) >= 11 is 0. The number of aliphatic carboxylic acids is 1. The molecule has 0 aliphatic heterocycles. The summed E-state index contributed by atoms with van der Waals surface area (Å²) in [6.45, 7) is 2.30. The van der Waals surface area contributed by atoms with Gasteiger partial charge in [-0.15, -0.1) is 0 Å². The van der Waals surface area contributed by atoms with Gasteiger partial charge in [0.1, 0.15) is 0 Å². The lowest BCUT2D eigenvalue weighted by Crippen LogP contribution is -2.54. The van der Waals surface area contributed by atoms with E-state index in [4.69, 9.17) is 5.11 Å². The second-order valence-electron chi connectivity index (χ2n) is 5.63. The maximum Gasteiger partial charge on any atom is 0.317 e. The molecule has 0 spiro atoms. The molecule has 0 radical (unpaired) electrons. The van der Waals surface area contributed by atoms with Crippen molar-refractivity contribution in [3.05, 3.63) is 34.4 Å². The van der Waals surface area contributed by atoms with Crippen LogP contribution in [0.25, 0.3) is 0 Å². The highest BCUT2D eigenvalue weighted by atomic mass is 32.2. The van der Waals surface area contributed by atoms with Gasteiger partial charge >= 0.3 is 5.97 Å². The zero-order valence-electron chi connectivity index (χ0n) is 13.1. The summed E-state index contributed by atoms with van der Waals surface area (Å²) in [7, 11) is -4.00. The quantitative estimate of drug-likeness (QED) is 0.520. The first-order valence-corrected chi connectivity index (χ1v) is 8.94. The van der Waals surface area contributed by atoms with Gasteiger partial charge in [-0.25, -0.2) is 13.1 Å². The van der Waals surface area contributed by atoms with Crippen molar-refractivity contribution in [1.82, 2.24) is 9.62 Å². The van der Waals surface area contributed by atoms with Crippen LogP contribution in [-0.2, 0) is 14.8 Å². The van der Waals surface area contributed by atoms with E-state index in [1.165, 1.54) is 18.2 Å². The van der Waals surface area contributed by atoms with Crippen LogP contribution < -0.4 is 4.72 Å². The summed E-state index contributed by atoms with van der Waals surface area (Å²) < 4.78 is 27.2. The van der Waals surface area contributed by atoms with Crippen molar-refractivity contribution in [2.24, 2.45) is 0 Å². The molecule has 2 rings (SSSR count). The summed E-state index contributed by atoms with van der Waals surface area (Å²) in [5.74, 6) is -0.930. The molecule has 0 saturated heterocycles. The number of sulfonamides is 1. The van der Waals surface area contributed by atoms with Crippen LogP contribution in [0.3, 0.4) is 0 Å². The molecule has 0 heterocycles. The van der Waals surface area contributed by atoms with Gasteiger partial charge in [0.05, 0.1) is 11.5 Å². The van der Waals surface area contributed by atoms with Crippen LogP contribution in [0.15, 0.2) is 29.2 Å². The van der Waals surface area contributed by atoms with E-state index in [0.717, 1.165) is 6.07 Å². The number of nitro benzene ring substituents is 1. The van der Waals surface area contributed by atoms with Crippen LogP contribution in [0.4, 0.5) is 5.69 Å². The van der Waals surface area contributed by atoms with Crippen molar-refractivity contribution in [3.63, 3.8) is 0 Å². The van der Waals surface area contributed by atoms with E-state index >= 15 is 0 Å². The second kappa shape index (κ2) is 7.24. The molecular formula is C14H19N3O6S. The monoisotopic (exact) mass is 357 g/mol. The third-order valence-corrected chi connectivity index (χ3v) is 5.62. The lowest BCUT2D eigenvalue weighted by molar-refractivity contribution is -0.387. The number of carboxylic acids is 1. The molecule has 9 nitrogen and oxygen atoms in total. The van der Waals surface area contributed by atoms with Gasteiger partial charge in [0.2, 0.25) is 10.0 Å². The third-order valence-electron chi connectivity index (χ3n) is 4.05. The van der Waals surface area contributed by atoms with E-state index < -0.39 is 26.6 Å². The van der Waals surface area contributed by atoms with E-state index in [-0.39, 0.29) is 23.5 Å². The van der Waals surface area contributed by atoms with Gasteiger partial charge in [-0.2, -0.15) is 0 Å². The average molecular weight is 357 g/mol. The van der Waals surface area contributed by atoms with E-state index in [1.54, 1.807) is 4.90 Å². The number of carboxylic acid groups (broad SMARTS) is 1. The van der Waals surface area contributed by atoms with Gasteiger partial charge in [0.25, 0.3) is 5.69 Å². The van der Waals surface area contributed by atoms with Gasteiger partial charge in [0.15, 0.2) is 4.90 Å². The highest BCUT2D eigenvalue weighted by Crippen LogP contribution is 2.29. The van der Waals surface area contributed by atoms with Gasteiger partial charge in [-0.05, 0) is 25.5 Å². The maximum atomic E-state index is 12.4. The third kappa shape index (κ3) is 4.08. The summed E-state index contributed by atoms with van der Waals surface area (Å²) in [5.41, 5.74) is -0.470. The van der Waals surface area contributed by atoms with Crippen molar-refractivity contribution in [2.45, 2.75) is 36.7 Å². The Morgan fingerprint density at radius 3 is 2.58 bits per heavy atom. The van der Waals surface area contributed by atoms with E-state index in [0.29, 0.717) is 19.4 Å². The highest BCUT2D eigenvalue weighted by molar-refractivity contribution is 7.89. The van der Waals surface area contributed by atoms with Crippen molar-refractivity contribution in [1.29, 1.82) is 0 Å². The zero-order chi connectivity index (χ0) is 17.9. The summed E-state index contributed by atoms with van der Waals surface area (Å²) in [6.07, 6.45) is 0.946. The fraction of sp³-hybridized carbons (Fsp3) is 0.500. The van der Waals surface area contributed by atoms with Crippen LogP contribution in [0.1, 0.15) is 19.8 Å². The van der Waals surface area contributed by atoms with Gasteiger partial charge < -0.3 is 5.11 Å². The first kappa shape index (κ1) is 18.3. The summed E-state index contributed by atoms with van der Waals surface area (Å²) in [5, 5.41) is 19.8. The molecule has 24 heavy (non-hydrogen) atoms. The molecule has 0 atom stereocenters. The molecule has 1 aliphatic rings. The zero-order valence-corrected chi connectivity index (χ0v) is 13.9. The lowest BCUT2D eigenvalue weighted by Gasteiger charge is -2.42. The minimum absolute atomic E-state index is 0.00967. The van der Waals surface area contributed by atoms with Crippen molar-refractivity contribution in [3.8, 4) is 0 Å². The molecule has 10 heteroatoms. The number of nitrogens with zero attached hydrogens (tertiary/aromatic N) is 2. The number of nitro groups is 1. The van der Waals surface area contributed by atoms with E-state index in [2.05, 4.69) is 4.72 Å². The van der Waals surface area contributed by atoms with Crippen LogP contribution in [0.5, 0.6) is 0 Å². The molecule has 1 fully saturated rings. The molecule has 132 valence electrons. The number of para-hydroxylation sites is 1. The lowest BCUT2D eigenvalue weighted by atomic mass is 9.86. The standard InChI is InChI=1S/C14H19N3O6S/c1-2-16(9-14(18)19)11-7-10(8-11)15-24(22,23)13-6-4-3-5-12(13)17(20)21/h3-6,10-11,15H,2,7-9H2,1H3,(H,18,19). The largest absolute Gasteiger partial charge is 0.480 e. The molecule has 1 aromatic carbocycles. The first-order valence-electron chi connectivity index (χ1n) is 7.46. The Morgan fingerprint density at radius 1 is 1.42 bits per heavy atom. The minimum atomic E-state index is -4.00. The molecule has 2 N–H and O–H groups in total. The number of rotatable bonds is 8. The molecule has 1 saturated carbocycles. The molecule has 1 aromatic rings. The van der Waals surface area contributed by atoms with Crippen LogP contribution in [-0.4, -0.2) is 54.5 Å². The van der Waals surface area contributed by atoms with E-state index in [9.17, 15) is 23.3 Å². The van der Waals surface area contributed by atoms with Crippen molar-refractivity contribution < 1.29 is 23.2 Å². The SMILES string of the molecule is CCN(CC(=O)O)C1CC(NS(=O)(=O)c2ccccc2[N+](=O)[O-])C1. The predicted octanol–water partition coefficient (Wildman–Crippen LogP) is 0.811. The number of hydrogen-bond acceptors (Lipinski definition) is 6. The Labute approximate surface area is 139 Å². The molecule has 0 bridgehead atoms. The Hall–Kier alpha value is -2.04. The van der Waals surface area contributed by atoms with Gasteiger partial charge in [-0.3, -0.25) is 19.8 Å². The number of likely N-dealkylation sites (N-methyl/N-ethyl adjacent to an activating group) is 1. The second-order valence-corrected chi connectivity index (χ2v) is 7.31. The highest BCUT2D eigenvalue weighted by Gasteiger charge is 2.37. The van der Waals surface area contributed by atoms with Gasteiger partial charge in [0, 0.05) is 18.2 Å². The van der Waals surface area contributed by atoms with Crippen LogP contribution in [0.2, 0.25) is 0 Å². The molecule has 0 aromatic heterocycles. The number of benzene rings is 1. The molecular weight excluding hydrogens is 338 g/mol. The predicted molar refractivity (Wildman–Crippen MR) is 85.1 cm³/mol. The van der Waals surface area contributed by atoms with Crippen molar-refractivity contribution in [2.75, 3.05) is 13.1 Å². The minimum Gasteiger partial charge on any atom is -0.480 e. The Bertz CT molecular complexity index is 730. The Balaban J connectivity index is 2.03. The van der Waals surface area contributed by atoms with Crippen LogP contribution in [0, 0.1) is 10.1 Å². The molecule has 0 amide bonds. The van der Waals surface area contributed by atoms with Crippen LogP contribution >= 0.6 is 0 Å². The average Bonchev–Trinajstić information content (AvgIpc) is 2.48. The van der Waals surface area contributed by atoms with Gasteiger partial charge in [-0.1, -0.05) is 19.1 Å². The smallest absolute Gasteiger partial charge is 0.317 e.